The van der Waals surface area contributed by atoms with Gasteiger partial charge in [-0.15, -0.1) is 0 Å². The van der Waals surface area contributed by atoms with E-state index in [0.717, 1.165) is 66.2 Å². The van der Waals surface area contributed by atoms with Crippen molar-refractivity contribution in [2.45, 2.75) is 6.04 Å². The summed E-state index contributed by atoms with van der Waals surface area (Å²) in [6, 6.07) is 7.44. The molecule has 2 aliphatic heterocycles. The molecule has 2 aromatic heterocycles. The van der Waals surface area contributed by atoms with Gasteiger partial charge in [-0.1, -0.05) is 23.7 Å². The van der Waals surface area contributed by atoms with Crippen molar-refractivity contribution in [1.29, 1.82) is 0 Å². The van der Waals surface area contributed by atoms with Gasteiger partial charge in [0.05, 0.1) is 5.39 Å². The molecule has 0 aliphatic carbocycles. The van der Waals surface area contributed by atoms with E-state index in [0.29, 0.717) is 18.1 Å². The Labute approximate surface area is 206 Å². The Morgan fingerprint density at radius 1 is 1.03 bits per heavy atom. The number of benzene rings is 1. The van der Waals surface area contributed by atoms with Crippen molar-refractivity contribution in [3.63, 3.8) is 0 Å². The highest BCUT2D eigenvalue weighted by Crippen LogP contribution is 2.31. The van der Waals surface area contributed by atoms with Crippen LogP contribution in [0, 0.1) is 0 Å². The number of hydrogen-bond acceptors (Lipinski definition) is 6. The van der Waals surface area contributed by atoms with Crippen LogP contribution in [0.3, 0.4) is 0 Å². The third kappa shape index (κ3) is 4.59. The van der Waals surface area contributed by atoms with E-state index >= 15 is 0 Å². The molecule has 2 fully saturated rings. The molecule has 2 saturated heterocycles. The van der Waals surface area contributed by atoms with Crippen molar-refractivity contribution < 1.29 is 4.79 Å². The summed E-state index contributed by atoms with van der Waals surface area (Å²) in [6.45, 7) is 6.43. The maximum absolute atomic E-state index is 13.8. The molecule has 3 aromatic rings. The fourth-order valence-electron chi connectivity index (χ4n) is 4.70. The van der Waals surface area contributed by atoms with E-state index in [1.165, 1.54) is 0 Å². The minimum Gasteiger partial charge on any atom is -0.352 e. The third-order valence-corrected chi connectivity index (χ3v) is 7.49. The van der Waals surface area contributed by atoms with Crippen LogP contribution in [-0.2, 0) is 4.79 Å². The van der Waals surface area contributed by atoms with Gasteiger partial charge in [-0.3, -0.25) is 9.69 Å². The summed E-state index contributed by atoms with van der Waals surface area (Å²) >= 11 is 9.73. The Hall–Kier alpha value is -2.20. The van der Waals surface area contributed by atoms with E-state index < -0.39 is 0 Å². The number of H-pyrrole nitrogens is 1. The van der Waals surface area contributed by atoms with Gasteiger partial charge in [0.15, 0.2) is 0 Å². The fraction of sp³-hybridized carbons (Fsp3) is 0.435. The van der Waals surface area contributed by atoms with Crippen molar-refractivity contribution in [2.24, 2.45) is 0 Å². The number of carbonyl (C=O) groups is 1. The molecule has 1 N–H and O–H groups in total. The predicted molar refractivity (Wildman–Crippen MR) is 134 cm³/mol. The van der Waals surface area contributed by atoms with E-state index in [-0.39, 0.29) is 11.9 Å². The van der Waals surface area contributed by atoms with Crippen molar-refractivity contribution in [1.82, 2.24) is 29.7 Å². The van der Waals surface area contributed by atoms with Gasteiger partial charge in [0.2, 0.25) is 5.91 Å². The van der Waals surface area contributed by atoms with E-state index in [1.807, 2.05) is 35.4 Å². The topological polar surface area (TPSA) is 71.6 Å². The van der Waals surface area contributed by atoms with Crippen LogP contribution in [0.15, 0.2) is 41.3 Å². The number of halogens is 2. The molecule has 174 valence electrons. The zero-order valence-corrected chi connectivity index (χ0v) is 20.9. The molecule has 0 spiro atoms. The average Bonchev–Trinajstić information content (AvgIpc) is 3.23. The van der Waals surface area contributed by atoms with Crippen molar-refractivity contribution in [3.8, 4) is 0 Å². The molecule has 2 aliphatic rings. The fourth-order valence-corrected chi connectivity index (χ4v) is 5.30. The molecular weight excluding hydrogens is 506 g/mol. The Kier molecular flexibility index (Phi) is 6.56. The van der Waals surface area contributed by atoms with Crippen LogP contribution in [-0.4, -0.2) is 95.0 Å². The molecule has 0 saturated carbocycles. The molecule has 0 radical (unpaired) electrons. The highest BCUT2D eigenvalue weighted by atomic mass is 79.9. The lowest BCUT2D eigenvalue weighted by atomic mass is 10.0. The monoisotopic (exact) mass is 531 g/mol. The smallest absolute Gasteiger partial charge is 0.244 e. The second-order valence-electron chi connectivity index (χ2n) is 8.66. The molecule has 5 rings (SSSR count). The molecule has 1 unspecified atom stereocenters. The summed E-state index contributed by atoms with van der Waals surface area (Å²) in [6.07, 6.45) is 3.47. The Bertz CT molecular complexity index is 1120. The minimum atomic E-state index is -0.285. The van der Waals surface area contributed by atoms with Crippen LogP contribution < -0.4 is 4.90 Å². The van der Waals surface area contributed by atoms with Gasteiger partial charge >= 0.3 is 0 Å². The average molecular weight is 533 g/mol. The number of aromatic amines is 1. The lowest BCUT2D eigenvalue weighted by molar-refractivity contribution is -0.138. The number of piperazine rings is 2. The van der Waals surface area contributed by atoms with Gasteiger partial charge in [-0.25, -0.2) is 9.97 Å². The number of amides is 1. The highest BCUT2D eigenvalue weighted by molar-refractivity contribution is 9.10. The first kappa shape index (κ1) is 22.6. The van der Waals surface area contributed by atoms with Crippen LogP contribution in [0.4, 0.5) is 5.82 Å². The van der Waals surface area contributed by atoms with Crippen LogP contribution in [0.5, 0.6) is 0 Å². The van der Waals surface area contributed by atoms with Gasteiger partial charge in [0.1, 0.15) is 23.8 Å². The van der Waals surface area contributed by atoms with Crippen LogP contribution in [0.2, 0.25) is 5.02 Å². The Morgan fingerprint density at radius 3 is 2.42 bits per heavy atom. The predicted octanol–water partition coefficient (Wildman–Crippen LogP) is 3.01. The number of likely N-dealkylation sites (N-methyl/N-ethyl adjacent to an activating group) is 1. The van der Waals surface area contributed by atoms with Gasteiger partial charge < -0.3 is 19.7 Å². The third-order valence-electron chi connectivity index (χ3n) is 6.62. The second-order valence-corrected chi connectivity index (χ2v) is 9.95. The van der Waals surface area contributed by atoms with Crippen molar-refractivity contribution >= 4 is 50.3 Å². The summed E-state index contributed by atoms with van der Waals surface area (Å²) in [4.78, 5) is 34.7. The first-order valence-electron chi connectivity index (χ1n) is 11.2. The number of anilines is 1. The molecule has 10 heteroatoms. The molecule has 0 bridgehead atoms. The number of carbonyl (C=O) groups excluding carboxylic acids is 1. The van der Waals surface area contributed by atoms with Crippen molar-refractivity contribution in [2.75, 3.05) is 64.3 Å². The first-order chi connectivity index (χ1) is 16.0. The maximum Gasteiger partial charge on any atom is 0.244 e. The van der Waals surface area contributed by atoms with E-state index in [4.69, 9.17) is 11.6 Å². The number of hydrogen-bond donors (Lipinski definition) is 1. The summed E-state index contributed by atoms with van der Waals surface area (Å²) < 4.78 is 0.949. The van der Waals surface area contributed by atoms with E-state index in [9.17, 15) is 4.79 Å². The summed E-state index contributed by atoms with van der Waals surface area (Å²) in [5, 5.41) is 1.66. The Balaban J connectivity index is 1.34. The lowest BCUT2D eigenvalue weighted by Gasteiger charge is -2.42. The van der Waals surface area contributed by atoms with E-state index in [1.54, 1.807) is 6.33 Å². The zero-order chi connectivity index (χ0) is 22.9. The largest absolute Gasteiger partial charge is 0.352 e. The normalized spacial score (nSPS) is 19.2. The number of nitrogens with zero attached hydrogens (tertiary/aromatic N) is 6. The number of nitrogens with one attached hydrogen (secondary N) is 1. The first-order valence-corrected chi connectivity index (χ1v) is 12.4. The minimum absolute atomic E-state index is 0.164. The number of aromatic nitrogens is 3. The summed E-state index contributed by atoms with van der Waals surface area (Å²) in [5.41, 5.74) is 1.81. The second kappa shape index (κ2) is 9.58. The maximum atomic E-state index is 13.8. The molecular formula is C23H27BrClN7O. The molecule has 1 aromatic carbocycles. The standard InChI is InChI=1S/C23H27BrClN7O/c1-29-6-8-30(9-7-29)20(16-2-4-17(25)5-3-16)23(33)32-12-10-31(11-13-32)22-19-18(24)14-26-21(19)27-15-28-22/h2-5,14-15,20H,6-13H2,1H3,(H,26,27,28). The van der Waals surface area contributed by atoms with Crippen LogP contribution in [0.25, 0.3) is 11.0 Å². The summed E-state index contributed by atoms with van der Waals surface area (Å²) in [7, 11) is 2.13. The quantitative estimate of drug-likeness (QED) is 0.557. The molecule has 33 heavy (non-hydrogen) atoms. The molecule has 4 heterocycles. The Morgan fingerprint density at radius 2 is 1.73 bits per heavy atom. The van der Waals surface area contributed by atoms with Gasteiger partial charge in [0, 0.05) is 68.1 Å². The SMILES string of the molecule is CN1CCN(C(C(=O)N2CCN(c3ncnc4[nH]cc(Br)c34)CC2)c2ccc(Cl)cc2)CC1. The van der Waals surface area contributed by atoms with Gasteiger partial charge in [0.25, 0.3) is 0 Å². The highest BCUT2D eigenvalue weighted by Gasteiger charge is 2.34. The van der Waals surface area contributed by atoms with Gasteiger partial charge in [-0.2, -0.15) is 0 Å². The number of fused-ring (bicyclic) bond motifs is 1. The number of rotatable bonds is 4. The molecule has 1 atom stereocenters. The molecule has 8 nitrogen and oxygen atoms in total. The lowest BCUT2D eigenvalue weighted by Crippen LogP contribution is -2.54. The van der Waals surface area contributed by atoms with E-state index in [2.05, 4.69) is 52.6 Å². The van der Waals surface area contributed by atoms with Crippen LogP contribution in [0.1, 0.15) is 11.6 Å². The van der Waals surface area contributed by atoms with Crippen molar-refractivity contribution in [3.05, 3.63) is 51.8 Å². The molecule has 1 amide bonds. The van der Waals surface area contributed by atoms with Gasteiger partial charge in [-0.05, 0) is 40.7 Å². The zero-order valence-electron chi connectivity index (χ0n) is 18.5. The van der Waals surface area contributed by atoms with Crippen LogP contribution >= 0.6 is 27.5 Å². The summed E-state index contributed by atoms with van der Waals surface area (Å²) in [5.74, 6) is 1.06.